The molecule has 3 aliphatic heterocycles. The van der Waals surface area contributed by atoms with Crippen LogP contribution in [0.15, 0.2) is 58.4 Å². The molecule has 2 fully saturated rings. The Balaban J connectivity index is 1.43. The molecule has 3 aliphatic rings. The number of fused-ring (bicyclic) bond motifs is 2. The zero-order valence-corrected chi connectivity index (χ0v) is 22.6. The van der Waals surface area contributed by atoms with Gasteiger partial charge in [0.2, 0.25) is 17.7 Å². The molecular weight excluding hydrogens is 546 g/mol. The largest absolute Gasteiger partial charge is 0.508 e. The smallest absolute Gasteiger partial charge is 0.308 e. The van der Waals surface area contributed by atoms with Crippen LogP contribution in [0.25, 0.3) is 0 Å². The maximum atomic E-state index is 13.8. The van der Waals surface area contributed by atoms with Crippen molar-refractivity contribution in [3.05, 3.63) is 73.7 Å². The molecule has 0 radical (unpaired) electrons. The number of phenols is 1. The third-order valence-corrected chi connectivity index (χ3v) is 10.2. The number of rotatable bonds is 4. The van der Waals surface area contributed by atoms with Gasteiger partial charge in [-0.15, -0.1) is 0 Å². The lowest BCUT2D eigenvalue weighted by molar-refractivity contribution is -0.133. The minimum absolute atomic E-state index is 0.0743. The van der Waals surface area contributed by atoms with Crippen molar-refractivity contribution in [3.63, 3.8) is 0 Å². The first kappa shape index (κ1) is 25.2. The average molecular weight is 570 g/mol. The summed E-state index contributed by atoms with van der Waals surface area (Å²) in [6, 6.07) is 13.0. The highest BCUT2D eigenvalue weighted by Crippen LogP contribution is 2.54. The summed E-state index contributed by atoms with van der Waals surface area (Å²) in [6.07, 6.45) is 2.98. The van der Waals surface area contributed by atoms with Gasteiger partial charge in [-0.05, 0) is 61.2 Å². The van der Waals surface area contributed by atoms with Gasteiger partial charge in [0.15, 0.2) is 0 Å². The lowest BCUT2D eigenvalue weighted by Crippen LogP contribution is -2.39. The van der Waals surface area contributed by atoms with Crippen LogP contribution < -0.4 is 9.77 Å². The number of hydrogen-bond donors (Lipinski definition) is 1. The highest BCUT2D eigenvalue weighted by molar-refractivity contribution is 8.00. The molecule has 3 aromatic rings. The average Bonchev–Trinajstić information content (AvgIpc) is 3.36. The number of amides is 3. The van der Waals surface area contributed by atoms with Crippen LogP contribution >= 0.6 is 34.7 Å². The normalized spacial score (nSPS) is 22.9. The van der Waals surface area contributed by atoms with Crippen LogP contribution in [0.3, 0.4) is 0 Å². The summed E-state index contributed by atoms with van der Waals surface area (Å²) in [7, 11) is 0. The molecule has 1 aromatic heterocycles. The Morgan fingerprint density at radius 3 is 2.32 bits per heavy atom. The van der Waals surface area contributed by atoms with Gasteiger partial charge in [-0.2, -0.15) is 0 Å². The Bertz CT molecular complexity index is 1480. The lowest BCUT2D eigenvalue weighted by atomic mass is 9.83. The molecular formula is C27H24ClN3O5S2. The summed E-state index contributed by atoms with van der Waals surface area (Å²) in [6.45, 7) is 1.26. The molecule has 1 N–H and O–H groups in total. The molecule has 11 heteroatoms. The van der Waals surface area contributed by atoms with Gasteiger partial charge < -0.3 is 10.0 Å². The third-order valence-electron chi connectivity index (χ3n) is 7.39. The number of hydrogen-bond acceptors (Lipinski definition) is 7. The maximum Gasteiger partial charge on any atom is 0.308 e. The van der Waals surface area contributed by atoms with Crippen molar-refractivity contribution in [2.24, 2.45) is 5.92 Å². The fourth-order valence-electron chi connectivity index (χ4n) is 5.52. The molecule has 0 unspecified atom stereocenters. The minimum atomic E-state index is -0.769. The predicted molar refractivity (Wildman–Crippen MR) is 146 cm³/mol. The summed E-state index contributed by atoms with van der Waals surface area (Å²) < 4.78 is 1.47. The molecule has 38 heavy (non-hydrogen) atoms. The van der Waals surface area contributed by atoms with Gasteiger partial charge in [0, 0.05) is 28.9 Å². The van der Waals surface area contributed by atoms with Crippen molar-refractivity contribution < 1.29 is 19.5 Å². The minimum Gasteiger partial charge on any atom is -0.508 e. The number of benzene rings is 2. The number of thioether (sulfide) groups is 1. The van der Waals surface area contributed by atoms with Crippen LogP contribution in [-0.4, -0.2) is 50.6 Å². The number of carbonyl (C=O) groups excluding carboxylic acids is 3. The summed E-state index contributed by atoms with van der Waals surface area (Å²) in [5.74, 6) is -2.08. The number of anilines is 1. The van der Waals surface area contributed by atoms with E-state index >= 15 is 0 Å². The van der Waals surface area contributed by atoms with E-state index in [1.165, 1.54) is 33.4 Å². The molecule has 0 saturated carbocycles. The molecule has 0 bridgehead atoms. The molecule has 3 amide bonds. The zero-order chi connectivity index (χ0) is 26.6. The van der Waals surface area contributed by atoms with E-state index in [-0.39, 0.29) is 34.9 Å². The van der Waals surface area contributed by atoms with Gasteiger partial charge in [0.1, 0.15) is 17.5 Å². The number of imide groups is 1. The molecule has 4 heterocycles. The van der Waals surface area contributed by atoms with Gasteiger partial charge in [-0.3, -0.25) is 23.7 Å². The van der Waals surface area contributed by atoms with Crippen LogP contribution in [0.5, 0.6) is 5.75 Å². The number of aromatic hydroxyl groups is 1. The fraction of sp³-hybridized carbons (Fsp3) is 0.333. The number of carbonyl (C=O) groups is 3. The second kappa shape index (κ2) is 9.91. The van der Waals surface area contributed by atoms with Gasteiger partial charge >= 0.3 is 4.87 Å². The quantitative estimate of drug-likeness (QED) is 0.475. The molecule has 2 aromatic carbocycles. The van der Waals surface area contributed by atoms with Gasteiger partial charge in [-0.1, -0.05) is 46.8 Å². The van der Waals surface area contributed by atoms with Crippen molar-refractivity contribution in [2.45, 2.75) is 42.0 Å². The Morgan fingerprint density at radius 1 is 0.947 bits per heavy atom. The van der Waals surface area contributed by atoms with Crippen LogP contribution in [0.4, 0.5) is 5.69 Å². The highest BCUT2D eigenvalue weighted by Gasteiger charge is 2.56. The Kier molecular flexibility index (Phi) is 6.57. The number of phenolic OH excluding ortho intramolecular Hbond substituents is 1. The number of aromatic nitrogens is 1. The van der Waals surface area contributed by atoms with E-state index in [0.29, 0.717) is 39.3 Å². The Labute approximate surface area is 231 Å². The molecule has 6 rings (SSSR count). The first-order valence-corrected chi connectivity index (χ1v) is 14.5. The van der Waals surface area contributed by atoms with E-state index in [4.69, 9.17) is 11.6 Å². The number of thiazole rings is 1. The van der Waals surface area contributed by atoms with Crippen LogP contribution in [-0.2, 0) is 20.9 Å². The Hall–Kier alpha value is -3.08. The van der Waals surface area contributed by atoms with E-state index in [0.717, 1.165) is 30.6 Å². The molecule has 196 valence electrons. The molecule has 2 saturated heterocycles. The van der Waals surface area contributed by atoms with Gasteiger partial charge in [0.05, 0.1) is 16.6 Å². The number of halogens is 1. The summed E-state index contributed by atoms with van der Waals surface area (Å²) >= 11 is 8.24. The second-order valence-corrected chi connectivity index (χ2v) is 12.2. The number of piperidine rings is 1. The molecule has 0 aliphatic carbocycles. The van der Waals surface area contributed by atoms with E-state index in [1.807, 2.05) is 0 Å². The van der Waals surface area contributed by atoms with Crippen molar-refractivity contribution in [1.82, 2.24) is 9.47 Å². The maximum absolute atomic E-state index is 13.8. The predicted octanol–water partition coefficient (Wildman–Crippen LogP) is 4.08. The molecule has 3 atom stereocenters. The van der Waals surface area contributed by atoms with Crippen LogP contribution in [0.2, 0.25) is 5.02 Å². The monoisotopic (exact) mass is 569 g/mol. The van der Waals surface area contributed by atoms with E-state index in [9.17, 15) is 24.3 Å². The van der Waals surface area contributed by atoms with Gasteiger partial charge in [-0.25, -0.2) is 4.90 Å². The lowest BCUT2D eigenvalue weighted by Gasteiger charge is -2.31. The third kappa shape index (κ3) is 4.24. The summed E-state index contributed by atoms with van der Waals surface area (Å²) in [5.41, 5.74) is 1.15. The molecule has 8 nitrogen and oxygen atoms in total. The second-order valence-electron chi connectivity index (χ2n) is 9.69. The number of nitrogens with zero attached hydrogens (tertiary/aromatic N) is 3. The number of likely N-dealkylation sites (tertiary alicyclic amines) is 1. The topological polar surface area (TPSA) is 99.9 Å². The Morgan fingerprint density at radius 2 is 1.63 bits per heavy atom. The van der Waals surface area contributed by atoms with Gasteiger partial charge in [0.25, 0.3) is 0 Å². The van der Waals surface area contributed by atoms with E-state index in [2.05, 4.69) is 0 Å². The van der Waals surface area contributed by atoms with E-state index < -0.39 is 17.1 Å². The summed E-state index contributed by atoms with van der Waals surface area (Å²) in [4.78, 5) is 57.2. The zero-order valence-electron chi connectivity index (χ0n) is 20.2. The van der Waals surface area contributed by atoms with Crippen LogP contribution in [0, 0.1) is 5.92 Å². The first-order chi connectivity index (χ1) is 18.3. The molecule has 0 spiro atoms. The van der Waals surface area contributed by atoms with Crippen molar-refractivity contribution in [1.29, 1.82) is 0 Å². The summed E-state index contributed by atoms with van der Waals surface area (Å²) in [5, 5.41) is 10.2. The van der Waals surface area contributed by atoms with E-state index in [1.54, 1.807) is 41.3 Å². The van der Waals surface area contributed by atoms with Crippen LogP contribution in [0.1, 0.15) is 35.6 Å². The standard InChI is InChI=1S/C27H24ClN3O5S2/c28-16-6-8-17(9-7-16)31-24(34)21-20(15-4-10-18(32)11-5-15)23-26(37-22(21)25(31)35)30(27(36)38-23)14-19(33)29-12-2-1-3-13-29/h4-11,20-22,32H,1-3,12-14H2/t20-,21+,22-/m0/s1. The highest BCUT2D eigenvalue weighted by atomic mass is 35.5. The SMILES string of the molecule is O=C(Cn1c2c(sc1=O)[C@@H](c1ccc(O)cc1)[C@H]1C(=O)N(c3ccc(Cl)cc3)C(=O)[C@H]1S2)N1CCCCC1. The van der Waals surface area contributed by atoms with Crippen molar-refractivity contribution in [3.8, 4) is 5.75 Å². The van der Waals surface area contributed by atoms with Crippen molar-refractivity contribution >= 4 is 58.1 Å². The fourth-order valence-corrected chi connectivity index (χ4v) is 8.42. The van der Waals surface area contributed by atoms with Crippen molar-refractivity contribution in [2.75, 3.05) is 18.0 Å². The first-order valence-electron chi connectivity index (χ1n) is 12.4.